The van der Waals surface area contributed by atoms with Crippen molar-refractivity contribution in [3.05, 3.63) is 53.2 Å². The summed E-state index contributed by atoms with van der Waals surface area (Å²) in [4.78, 5) is 28.5. The smallest absolute Gasteiger partial charge is 0.410 e. The molecule has 29 heavy (non-hydrogen) atoms. The summed E-state index contributed by atoms with van der Waals surface area (Å²) in [5, 5.41) is 1.13. The summed E-state index contributed by atoms with van der Waals surface area (Å²) in [5.74, 6) is 0.995. The van der Waals surface area contributed by atoms with Gasteiger partial charge in [0.25, 0.3) is 0 Å². The molecule has 0 N–H and O–H groups in total. The molecule has 5 rings (SSSR count). The molecular formula is C22H24N4O2S. The van der Waals surface area contributed by atoms with Gasteiger partial charge in [-0.15, -0.1) is 11.3 Å². The van der Waals surface area contributed by atoms with Crippen molar-refractivity contribution in [2.45, 2.75) is 38.3 Å². The number of fused-ring (bicyclic) bond motifs is 1. The molecule has 1 aliphatic heterocycles. The van der Waals surface area contributed by atoms with Crippen LogP contribution < -0.4 is 4.90 Å². The van der Waals surface area contributed by atoms with Gasteiger partial charge in [0.05, 0.1) is 10.9 Å². The molecule has 2 aliphatic rings. The average molecular weight is 409 g/mol. The largest absolute Gasteiger partial charge is 0.445 e. The molecule has 1 spiro atoms. The molecule has 0 radical (unpaired) electrons. The van der Waals surface area contributed by atoms with Crippen LogP contribution in [0.5, 0.6) is 0 Å². The van der Waals surface area contributed by atoms with Crippen molar-refractivity contribution in [3.8, 4) is 0 Å². The van der Waals surface area contributed by atoms with Crippen molar-refractivity contribution in [1.82, 2.24) is 14.9 Å². The second kappa shape index (κ2) is 7.30. The lowest BCUT2D eigenvalue weighted by atomic mass is 10.1. The van der Waals surface area contributed by atoms with Crippen LogP contribution >= 0.6 is 11.3 Å². The minimum Gasteiger partial charge on any atom is -0.445 e. The first kappa shape index (κ1) is 18.4. The number of benzene rings is 1. The molecule has 0 unspecified atom stereocenters. The number of ether oxygens (including phenoxy) is 1. The third-order valence-electron chi connectivity index (χ3n) is 5.91. The van der Waals surface area contributed by atoms with Crippen molar-refractivity contribution in [1.29, 1.82) is 0 Å². The molecule has 7 heteroatoms. The van der Waals surface area contributed by atoms with Crippen LogP contribution in [0.2, 0.25) is 0 Å². The number of aromatic nitrogens is 2. The highest BCUT2D eigenvalue weighted by atomic mass is 32.1. The number of rotatable bonds is 4. The van der Waals surface area contributed by atoms with Crippen LogP contribution in [0.1, 0.15) is 30.2 Å². The highest BCUT2D eigenvalue weighted by molar-refractivity contribution is 7.18. The zero-order chi connectivity index (χ0) is 19.8. The van der Waals surface area contributed by atoms with Crippen molar-refractivity contribution in [2.75, 3.05) is 24.5 Å². The summed E-state index contributed by atoms with van der Waals surface area (Å²) in [7, 11) is 0. The molecule has 3 heterocycles. The summed E-state index contributed by atoms with van der Waals surface area (Å²) >= 11 is 1.74. The molecule has 6 nitrogen and oxygen atoms in total. The molecule has 2 aromatic heterocycles. The highest BCUT2D eigenvalue weighted by Gasteiger charge is 2.54. The fourth-order valence-corrected chi connectivity index (χ4v) is 5.06. The fraction of sp³-hybridized carbons (Fsp3) is 0.409. The number of carbonyl (C=O) groups is 1. The predicted octanol–water partition coefficient (Wildman–Crippen LogP) is 4.25. The van der Waals surface area contributed by atoms with Gasteiger partial charge < -0.3 is 9.64 Å². The Bertz CT molecular complexity index is 1030. The van der Waals surface area contributed by atoms with Gasteiger partial charge in [-0.2, -0.15) is 0 Å². The SMILES string of the molecule is CCc1cc2c(N3CCN(C(=O)OCc4ccccc4)C4(CC4)C3)ncnc2s1. The van der Waals surface area contributed by atoms with Gasteiger partial charge in [-0.05, 0) is 30.9 Å². The van der Waals surface area contributed by atoms with Crippen LogP contribution in [0.4, 0.5) is 10.6 Å². The van der Waals surface area contributed by atoms with E-state index < -0.39 is 0 Å². The Morgan fingerprint density at radius 2 is 2.03 bits per heavy atom. The van der Waals surface area contributed by atoms with Crippen LogP contribution in [0.15, 0.2) is 42.7 Å². The van der Waals surface area contributed by atoms with Gasteiger partial charge in [-0.3, -0.25) is 4.90 Å². The molecule has 3 aromatic rings. The monoisotopic (exact) mass is 408 g/mol. The minimum absolute atomic E-state index is 0.118. The zero-order valence-electron chi connectivity index (χ0n) is 16.5. The molecule has 150 valence electrons. The number of amides is 1. The first-order valence-corrected chi connectivity index (χ1v) is 11.0. The Kier molecular flexibility index (Phi) is 4.62. The van der Waals surface area contributed by atoms with Gasteiger partial charge in [0, 0.05) is 24.5 Å². The zero-order valence-corrected chi connectivity index (χ0v) is 17.3. The summed E-state index contributed by atoms with van der Waals surface area (Å²) in [6.07, 6.45) is 4.49. The summed E-state index contributed by atoms with van der Waals surface area (Å²) in [6.45, 7) is 4.69. The fourth-order valence-electron chi connectivity index (χ4n) is 4.13. The number of thiophene rings is 1. The van der Waals surface area contributed by atoms with E-state index in [0.29, 0.717) is 13.2 Å². The lowest BCUT2D eigenvalue weighted by Crippen LogP contribution is -2.57. The standard InChI is InChI=1S/C22H24N4O2S/c1-2-17-12-18-19(23-15-24-20(18)29-17)25-10-11-26(22(14-25)8-9-22)21(27)28-13-16-6-4-3-5-7-16/h3-7,12,15H,2,8-11,13-14H2,1H3. The third-order valence-corrected chi connectivity index (χ3v) is 7.10. The lowest BCUT2D eigenvalue weighted by molar-refractivity contribution is 0.0702. The van der Waals surface area contributed by atoms with Gasteiger partial charge in [0.2, 0.25) is 0 Å². The first-order valence-electron chi connectivity index (χ1n) is 10.2. The van der Waals surface area contributed by atoms with Gasteiger partial charge in [0.1, 0.15) is 23.6 Å². The van der Waals surface area contributed by atoms with E-state index in [1.54, 1.807) is 17.7 Å². The maximum absolute atomic E-state index is 12.8. The summed E-state index contributed by atoms with van der Waals surface area (Å²) in [6, 6.07) is 12.1. The Labute approximate surface area is 174 Å². The van der Waals surface area contributed by atoms with E-state index in [2.05, 4.69) is 27.9 Å². The minimum atomic E-state index is -0.206. The van der Waals surface area contributed by atoms with Gasteiger partial charge in [-0.1, -0.05) is 37.3 Å². The number of anilines is 1. The Balaban J connectivity index is 1.31. The van der Waals surface area contributed by atoms with E-state index in [0.717, 1.165) is 53.9 Å². The molecule has 2 fully saturated rings. The summed E-state index contributed by atoms with van der Waals surface area (Å²) in [5.41, 5.74) is 0.893. The third kappa shape index (κ3) is 3.44. The number of piperazine rings is 1. The molecule has 1 aliphatic carbocycles. The molecule has 1 amide bonds. The van der Waals surface area contributed by atoms with Crippen molar-refractivity contribution < 1.29 is 9.53 Å². The van der Waals surface area contributed by atoms with E-state index in [1.807, 2.05) is 35.2 Å². The normalized spacial score (nSPS) is 17.7. The molecule has 1 aromatic carbocycles. The molecule has 0 atom stereocenters. The Morgan fingerprint density at radius 1 is 1.21 bits per heavy atom. The maximum atomic E-state index is 12.8. The highest BCUT2D eigenvalue weighted by Crippen LogP contribution is 2.46. The van der Waals surface area contributed by atoms with Crippen molar-refractivity contribution in [2.24, 2.45) is 0 Å². The second-order valence-electron chi connectivity index (χ2n) is 7.82. The van der Waals surface area contributed by atoms with E-state index >= 15 is 0 Å². The Hall–Kier alpha value is -2.67. The molecule has 1 saturated heterocycles. The van der Waals surface area contributed by atoms with Crippen LogP contribution in [0, 0.1) is 0 Å². The Morgan fingerprint density at radius 3 is 2.79 bits per heavy atom. The van der Waals surface area contributed by atoms with E-state index in [4.69, 9.17) is 4.74 Å². The number of hydrogen-bond donors (Lipinski definition) is 0. The van der Waals surface area contributed by atoms with Gasteiger partial charge >= 0.3 is 6.09 Å². The van der Waals surface area contributed by atoms with Gasteiger partial charge in [0.15, 0.2) is 0 Å². The predicted molar refractivity (Wildman–Crippen MR) is 114 cm³/mol. The van der Waals surface area contributed by atoms with Crippen molar-refractivity contribution in [3.63, 3.8) is 0 Å². The van der Waals surface area contributed by atoms with E-state index in [-0.39, 0.29) is 11.6 Å². The number of nitrogens with zero attached hydrogens (tertiary/aromatic N) is 4. The van der Waals surface area contributed by atoms with Crippen LogP contribution in [-0.2, 0) is 17.8 Å². The maximum Gasteiger partial charge on any atom is 0.410 e. The van der Waals surface area contributed by atoms with E-state index in [9.17, 15) is 4.79 Å². The first-order chi connectivity index (χ1) is 14.2. The molecular weight excluding hydrogens is 384 g/mol. The molecule has 0 bridgehead atoms. The van der Waals surface area contributed by atoms with E-state index in [1.165, 1.54) is 4.88 Å². The van der Waals surface area contributed by atoms with Crippen LogP contribution in [0.25, 0.3) is 10.2 Å². The topological polar surface area (TPSA) is 58.6 Å². The van der Waals surface area contributed by atoms with Gasteiger partial charge in [-0.25, -0.2) is 14.8 Å². The number of aryl methyl sites for hydroxylation is 1. The second-order valence-corrected chi connectivity index (χ2v) is 8.94. The van der Waals surface area contributed by atoms with Crippen LogP contribution in [0.3, 0.4) is 0 Å². The lowest BCUT2D eigenvalue weighted by Gasteiger charge is -2.42. The number of hydrogen-bond acceptors (Lipinski definition) is 6. The van der Waals surface area contributed by atoms with Crippen LogP contribution in [-0.4, -0.2) is 46.1 Å². The summed E-state index contributed by atoms with van der Waals surface area (Å²) < 4.78 is 5.62. The number of carbonyl (C=O) groups excluding carboxylic acids is 1. The van der Waals surface area contributed by atoms with Crippen molar-refractivity contribution >= 4 is 33.5 Å². The average Bonchev–Trinajstić information content (AvgIpc) is 3.37. The quantitative estimate of drug-likeness (QED) is 0.646. The molecule has 1 saturated carbocycles.